The van der Waals surface area contributed by atoms with Crippen molar-refractivity contribution < 1.29 is 10.2 Å². The van der Waals surface area contributed by atoms with Gasteiger partial charge >= 0.3 is 0 Å². The van der Waals surface area contributed by atoms with Crippen molar-refractivity contribution in [1.82, 2.24) is 9.78 Å². The standard InChI is InChI=1S/C9H13BrN2O2/c10-8-7(5-14)12(3-4-13)11-9(8)6-1-2-6/h6,13-14H,1-5H2. The van der Waals surface area contributed by atoms with Crippen molar-refractivity contribution in [2.45, 2.75) is 31.9 Å². The van der Waals surface area contributed by atoms with Crippen LogP contribution in [0.5, 0.6) is 0 Å². The lowest BCUT2D eigenvalue weighted by molar-refractivity contribution is 0.243. The Morgan fingerprint density at radius 1 is 1.43 bits per heavy atom. The average Bonchev–Trinajstić information content (AvgIpc) is 2.94. The van der Waals surface area contributed by atoms with Crippen LogP contribution in [0.3, 0.4) is 0 Å². The molecule has 1 saturated carbocycles. The molecule has 78 valence electrons. The fourth-order valence-corrected chi connectivity index (χ4v) is 2.28. The first-order chi connectivity index (χ1) is 6.77. The van der Waals surface area contributed by atoms with E-state index in [0.29, 0.717) is 12.5 Å². The van der Waals surface area contributed by atoms with Crippen LogP contribution < -0.4 is 0 Å². The van der Waals surface area contributed by atoms with Crippen molar-refractivity contribution in [2.75, 3.05) is 6.61 Å². The molecular formula is C9H13BrN2O2. The summed E-state index contributed by atoms with van der Waals surface area (Å²) in [6.07, 6.45) is 2.36. The molecule has 1 aromatic rings. The number of hydrogen-bond donors (Lipinski definition) is 2. The van der Waals surface area contributed by atoms with Gasteiger partial charge in [-0.3, -0.25) is 4.68 Å². The van der Waals surface area contributed by atoms with Crippen LogP contribution in [0.1, 0.15) is 30.1 Å². The van der Waals surface area contributed by atoms with Gasteiger partial charge < -0.3 is 10.2 Å². The monoisotopic (exact) mass is 260 g/mol. The topological polar surface area (TPSA) is 58.3 Å². The molecular weight excluding hydrogens is 248 g/mol. The van der Waals surface area contributed by atoms with Crippen LogP contribution >= 0.6 is 15.9 Å². The smallest absolute Gasteiger partial charge is 0.0861 e. The molecule has 4 nitrogen and oxygen atoms in total. The van der Waals surface area contributed by atoms with E-state index in [9.17, 15) is 0 Å². The summed E-state index contributed by atoms with van der Waals surface area (Å²) in [7, 11) is 0. The second-order valence-electron chi connectivity index (χ2n) is 3.53. The number of rotatable bonds is 4. The van der Waals surface area contributed by atoms with E-state index in [1.807, 2.05) is 0 Å². The molecule has 0 saturated heterocycles. The van der Waals surface area contributed by atoms with Gasteiger partial charge in [0, 0.05) is 5.92 Å². The fraction of sp³-hybridized carbons (Fsp3) is 0.667. The minimum absolute atomic E-state index is 0.0414. The Hall–Kier alpha value is -0.390. The molecule has 2 N–H and O–H groups in total. The largest absolute Gasteiger partial charge is 0.394 e. The van der Waals surface area contributed by atoms with Crippen molar-refractivity contribution in [3.8, 4) is 0 Å². The van der Waals surface area contributed by atoms with E-state index in [1.165, 1.54) is 12.8 Å². The molecule has 1 heterocycles. The van der Waals surface area contributed by atoms with Crippen LogP contribution in [0.2, 0.25) is 0 Å². The van der Waals surface area contributed by atoms with Gasteiger partial charge in [0.25, 0.3) is 0 Å². The summed E-state index contributed by atoms with van der Waals surface area (Å²) in [5, 5.41) is 22.4. The number of aliphatic hydroxyl groups is 2. The van der Waals surface area contributed by atoms with Gasteiger partial charge in [-0.25, -0.2) is 0 Å². The minimum atomic E-state index is -0.0414. The maximum atomic E-state index is 9.17. The van der Waals surface area contributed by atoms with Crippen molar-refractivity contribution in [3.63, 3.8) is 0 Å². The summed E-state index contributed by atoms with van der Waals surface area (Å²) in [6.45, 7) is 0.451. The zero-order valence-electron chi connectivity index (χ0n) is 7.78. The first kappa shape index (κ1) is 10.1. The summed E-state index contributed by atoms with van der Waals surface area (Å²) in [6, 6.07) is 0. The molecule has 1 aliphatic rings. The SMILES string of the molecule is OCCn1nc(C2CC2)c(Br)c1CO. The third kappa shape index (κ3) is 1.71. The summed E-state index contributed by atoms with van der Waals surface area (Å²) >= 11 is 3.45. The average molecular weight is 261 g/mol. The van der Waals surface area contributed by atoms with Crippen LogP contribution in [0, 0.1) is 0 Å². The highest BCUT2D eigenvalue weighted by atomic mass is 79.9. The lowest BCUT2D eigenvalue weighted by Gasteiger charge is -2.01. The summed E-state index contributed by atoms with van der Waals surface area (Å²) in [5.74, 6) is 0.551. The zero-order valence-corrected chi connectivity index (χ0v) is 9.37. The molecule has 5 heteroatoms. The van der Waals surface area contributed by atoms with Gasteiger partial charge in [0.1, 0.15) is 0 Å². The molecule has 0 radical (unpaired) electrons. The van der Waals surface area contributed by atoms with Gasteiger partial charge in [-0.15, -0.1) is 0 Å². The summed E-state index contributed by atoms with van der Waals surface area (Å²) in [5.41, 5.74) is 1.79. The highest BCUT2D eigenvalue weighted by molar-refractivity contribution is 9.10. The van der Waals surface area contributed by atoms with E-state index in [2.05, 4.69) is 21.0 Å². The van der Waals surface area contributed by atoms with E-state index in [1.54, 1.807) is 4.68 Å². The molecule has 0 aliphatic heterocycles. The van der Waals surface area contributed by atoms with Crippen LogP contribution in [0.4, 0.5) is 0 Å². The molecule has 1 aliphatic carbocycles. The number of aliphatic hydroxyl groups excluding tert-OH is 2. The Kier molecular flexibility index (Phi) is 2.90. The fourth-order valence-electron chi connectivity index (χ4n) is 1.54. The highest BCUT2D eigenvalue weighted by Crippen LogP contribution is 2.43. The zero-order chi connectivity index (χ0) is 10.1. The lowest BCUT2D eigenvalue weighted by Crippen LogP contribution is -2.08. The number of hydrogen-bond acceptors (Lipinski definition) is 3. The quantitative estimate of drug-likeness (QED) is 0.850. The van der Waals surface area contributed by atoms with Crippen LogP contribution in [-0.4, -0.2) is 26.6 Å². The third-order valence-corrected chi connectivity index (χ3v) is 3.31. The Morgan fingerprint density at radius 2 is 2.14 bits per heavy atom. The first-order valence-electron chi connectivity index (χ1n) is 4.74. The third-order valence-electron chi connectivity index (χ3n) is 2.44. The van der Waals surface area contributed by atoms with Crippen molar-refractivity contribution in [3.05, 3.63) is 15.9 Å². The van der Waals surface area contributed by atoms with E-state index in [-0.39, 0.29) is 13.2 Å². The van der Waals surface area contributed by atoms with Crippen LogP contribution in [0.15, 0.2) is 4.47 Å². The lowest BCUT2D eigenvalue weighted by atomic mass is 10.3. The second kappa shape index (κ2) is 4.00. The number of aromatic nitrogens is 2. The predicted molar refractivity (Wildman–Crippen MR) is 54.9 cm³/mol. The molecule has 14 heavy (non-hydrogen) atoms. The van der Waals surface area contributed by atoms with E-state index in [0.717, 1.165) is 15.9 Å². The Bertz CT molecular complexity index is 334. The van der Waals surface area contributed by atoms with Crippen LogP contribution in [0.25, 0.3) is 0 Å². The van der Waals surface area contributed by atoms with Crippen molar-refractivity contribution >= 4 is 15.9 Å². The molecule has 0 aromatic carbocycles. The van der Waals surface area contributed by atoms with Gasteiger partial charge in [-0.2, -0.15) is 5.10 Å². The van der Waals surface area contributed by atoms with Gasteiger partial charge in [-0.05, 0) is 28.8 Å². The van der Waals surface area contributed by atoms with E-state index in [4.69, 9.17) is 10.2 Å². The van der Waals surface area contributed by atoms with Gasteiger partial charge in [0.15, 0.2) is 0 Å². The van der Waals surface area contributed by atoms with Gasteiger partial charge in [0.05, 0.1) is 35.6 Å². The molecule has 2 rings (SSSR count). The van der Waals surface area contributed by atoms with Crippen molar-refractivity contribution in [1.29, 1.82) is 0 Å². The molecule has 0 atom stereocenters. The Labute approximate surface area is 90.7 Å². The molecule has 0 spiro atoms. The summed E-state index contributed by atoms with van der Waals surface area (Å²) in [4.78, 5) is 0. The molecule has 0 amide bonds. The first-order valence-corrected chi connectivity index (χ1v) is 5.54. The number of nitrogens with zero attached hydrogens (tertiary/aromatic N) is 2. The molecule has 1 aromatic heterocycles. The molecule has 0 unspecified atom stereocenters. The van der Waals surface area contributed by atoms with Gasteiger partial charge in [-0.1, -0.05) is 0 Å². The maximum absolute atomic E-state index is 9.17. The maximum Gasteiger partial charge on any atom is 0.0861 e. The highest BCUT2D eigenvalue weighted by Gasteiger charge is 2.30. The van der Waals surface area contributed by atoms with E-state index < -0.39 is 0 Å². The second-order valence-corrected chi connectivity index (χ2v) is 4.32. The predicted octanol–water partition coefficient (Wildman–Crippen LogP) is 1.01. The molecule has 1 fully saturated rings. The van der Waals surface area contributed by atoms with Crippen LogP contribution in [-0.2, 0) is 13.2 Å². The Balaban J connectivity index is 2.33. The van der Waals surface area contributed by atoms with E-state index >= 15 is 0 Å². The normalized spacial score (nSPS) is 16.2. The van der Waals surface area contributed by atoms with Gasteiger partial charge in [0.2, 0.25) is 0 Å². The van der Waals surface area contributed by atoms with Crippen molar-refractivity contribution in [2.24, 2.45) is 0 Å². The summed E-state index contributed by atoms with van der Waals surface area (Å²) < 4.78 is 2.59. The minimum Gasteiger partial charge on any atom is -0.394 e. The number of halogens is 1. The molecule has 0 bridgehead atoms. The Morgan fingerprint density at radius 3 is 2.64 bits per heavy atom.